The van der Waals surface area contributed by atoms with E-state index in [1.54, 1.807) is 4.90 Å². The molecule has 1 aromatic carbocycles. The molecule has 2 atom stereocenters. The SMILES string of the molecule is CCc1ccccc1C(=O)N1CCC(C(=O)O)C1C. The maximum Gasteiger partial charge on any atom is 0.308 e. The van der Waals surface area contributed by atoms with Gasteiger partial charge in [0.2, 0.25) is 0 Å². The Labute approximate surface area is 113 Å². The van der Waals surface area contributed by atoms with Crippen LogP contribution in [-0.2, 0) is 11.2 Å². The molecule has 0 aliphatic carbocycles. The van der Waals surface area contributed by atoms with Crippen LogP contribution >= 0.6 is 0 Å². The molecule has 1 aromatic rings. The lowest BCUT2D eigenvalue weighted by molar-refractivity contribution is -0.142. The van der Waals surface area contributed by atoms with Gasteiger partial charge < -0.3 is 10.0 Å². The van der Waals surface area contributed by atoms with Crippen molar-refractivity contribution < 1.29 is 14.7 Å². The number of carboxylic acids is 1. The zero-order valence-electron chi connectivity index (χ0n) is 11.3. The highest BCUT2D eigenvalue weighted by Gasteiger charge is 2.38. The van der Waals surface area contributed by atoms with Crippen LogP contribution in [0.3, 0.4) is 0 Å². The molecule has 2 rings (SSSR count). The quantitative estimate of drug-likeness (QED) is 0.907. The first-order valence-corrected chi connectivity index (χ1v) is 6.68. The average molecular weight is 261 g/mol. The molecule has 1 amide bonds. The summed E-state index contributed by atoms with van der Waals surface area (Å²) >= 11 is 0. The molecule has 0 aromatic heterocycles. The Kier molecular flexibility index (Phi) is 3.88. The van der Waals surface area contributed by atoms with Crippen LogP contribution in [0.4, 0.5) is 0 Å². The van der Waals surface area contributed by atoms with E-state index in [-0.39, 0.29) is 11.9 Å². The van der Waals surface area contributed by atoms with Crippen LogP contribution in [0.5, 0.6) is 0 Å². The Morgan fingerprint density at radius 3 is 2.63 bits per heavy atom. The third-order valence-electron chi connectivity index (χ3n) is 3.96. The topological polar surface area (TPSA) is 57.6 Å². The summed E-state index contributed by atoms with van der Waals surface area (Å²) in [5.41, 5.74) is 1.71. The van der Waals surface area contributed by atoms with Gasteiger partial charge in [0.25, 0.3) is 5.91 Å². The van der Waals surface area contributed by atoms with Gasteiger partial charge in [-0.1, -0.05) is 25.1 Å². The number of aryl methyl sites for hydroxylation is 1. The van der Waals surface area contributed by atoms with E-state index in [9.17, 15) is 9.59 Å². The van der Waals surface area contributed by atoms with Gasteiger partial charge in [0, 0.05) is 18.2 Å². The molecule has 1 N–H and O–H groups in total. The van der Waals surface area contributed by atoms with Gasteiger partial charge in [-0.3, -0.25) is 9.59 Å². The summed E-state index contributed by atoms with van der Waals surface area (Å²) in [6.45, 7) is 4.35. The molecule has 0 saturated carbocycles. The molecule has 0 radical (unpaired) electrons. The van der Waals surface area contributed by atoms with Crippen LogP contribution in [0.2, 0.25) is 0 Å². The van der Waals surface area contributed by atoms with Crippen molar-refractivity contribution >= 4 is 11.9 Å². The van der Waals surface area contributed by atoms with Crippen molar-refractivity contribution in [2.24, 2.45) is 5.92 Å². The van der Waals surface area contributed by atoms with E-state index in [1.165, 1.54) is 0 Å². The lowest BCUT2D eigenvalue weighted by Crippen LogP contribution is -2.38. The monoisotopic (exact) mass is 261 g/mol. The van der Waals surface area contributed by atoms with E-state index in [0.29, 0.717) is 18.5 Å². The molecule has 1 fully saturated rings. The molecule has 0 bridgehead atoms. The summed E-state index contributed by atoms with van der Waals surface area (Å²) in [4.78, 5) is 25.3. The second-order valence-electron chi connectivity index (χ2n) is 4.98. The minimum atomic E-state index is -0.813. The van der Waals surface area contributed by atoms with E-state index in [4.69, 9.17) is 5.11 Å². The number of nitrogens with zero attached hydrogens (tertiary/aromatic N) is 1. The highest BCUT2D eigenvalue weighted by atomic mass is 16.4. The van der Waals surface area contributed by atoms with Crippen LogP contribution in [0.25, 0.3) is 0 Å². The fourth-order valence-corrected chi connectivity index (χ4v) is 2.75. The van der Waals surface area contributed by atoms with Crippen molar-refractivity contribution in [3.05, 3.63) is 35.4 Å². The summed E-state index contributed by atoms with van der Waals surface area (Å²) < 4.78 is 0. The molecule has 1 heterocycles. The highest BCUT2D eigenvalue weighted by molar-refractivity contribution is 5.96. The molecule has 1 saturated heterocycles. The number of carbonyl (C=O) groups excluding carboxylic acids is 1. The predicted molar refractivity (Wildman–Crippen MR) is 72.1 cm³/mol. The minimum Gasteiger partial charge on any atom is -0.481 e. The number of rotatable bonds is 3. The summed E-state index contributed by atoms with van der Waals surface area (Å²) in [7, 11) is 0. The number of benzene rings is 1. The lowest BCUT2D eigenvalue weighted by Gasteiger charge is -2.24. The molecule has 19 heavy (non-hydrogen) atoms. The Morgan fingerprint density at radius 1 is 1.37 bits per heavy atom. The maximum atomic E-state index is 12.5. The lowest BCUT2D eigenvalue weighted by atomic mass is 10.0. The van der Waals surface area contributed by atoms with E-state index < -0.39 is 11.9 Å². The third-order valence-corrected chi connectivity index (χ3v) is 3.96. The van der Waals surface area contributed by atoms with Gasteiger partial charge in [0.05, 0.1) is 5.92 Å². The van der Waals surface area contributed by atoms with Gasteiger partial charge in [-0.05, 0) is 31.4 Å². The Balaban J connectivity index is 2.23. The molecule has 102 valence electrons. The van der Waals surface area contributed by atoms with Gasteiger partial charge in [-0.15, -0.1) is 0 Å². The number of hydrogen-bond donors (Lipinski definition) is 1. The van der Waals surface area contributed by atoms with E-state index in [2.05, 4.69) is 0 Å². The van der Waals surface area contributed by atoms with Gasteiger partial charge in [0.15, 0.2) is 0 Å². The maximum absolute atomic E-state index is 12.5. The van der Waals surface area contributed by atoms with Crippen molar-refractivity contribution in [1.82, 2.24) is 4.90 Å². The average Bonchev–Trinajstić information content (AvgIpc) is 2.80. The van der Waals surface area contributed by atoms with Crippen LogP contribution < -0.4 is 0 Å². The molecule has 4 nitrogen and oxygen atoms in total. The molecule has 1 aliphatic heterocycles. The number of aliphatic carboxylic acids is 1. The largest absolute Gasteiger partial charge is 0.481 e. The number of carboxylic acid groups (broad SMARTS) is 1. The molecule has 2 unspecified atom stereocenters. The standard InChI is InChI=1S/C15H19NO3/c1-3-11-6-4-5-7-13(11)14(17)16-9-8-12(10(16)2)15(18)19/h4-7,10,12H,3,8-9H2,1-2H3,(H,18,19). The zero-order chi connectivity index (χ0) is 14.0. The molecular formula is C15H19NO3. The van der Waals surface area contributed by atoms with Gasteiger partial charge in [0.1, 0.15) is 0 Å². The van der Waals surface area contributed by atoms with Crippen molar-refractivity contribution in [1.29, 1.82) is 0 Å². The number of hydrogen-bond acceptors (Lipinski definition) is 2. The van der Waals surface area contributed by atoms with Crippen molar-refractivity contribution in [2.45, 2.75) is 32.7 Å². The second kappa shape index (κ2) is 5.43. The van der Waals surface area contributed by atoms with E-state index in [1.807, 2.05) is 38.1 Å². The van der Waals surface area contributed by atoms with Crippen LogP contribution in [0, 0.1) is 5.92 Å². The molecule has 0 spiro atoms. The number of amides is 1. The van der Waals surface area contributed by atoms with Crippen LogP contribution in [0.15, 0.2) is 24.3 Å². The normalized spacial score (nSPS) is 22.5. The molecular weight excluding hydrogens is 242 g/mol. The fraction of sp³-hybridized carbons (Fsp3) is 0.467. The Hall–Kier alpha value is -1.84. The Bertz CT molecular complexity index is 498. The van der Waals surface area contributed by atoms with Crippen LogP contribution in [0.1, 0.15) is 36.2 Å². The third kappa shape index (κ3) is 2.48. The van der Waals surface area contributed by atoms with Gasteiger partial charge in [-0.25, -0.2) is 0 Å². The van der Waals surface area contributed by atoms with E-state index in [0.717, 1.165) is 12.0 Å². The summed E-state index contributed by atoms with van der Waals surface area (Å²) in [6.07, 6.45) is 1.34. The van der Waals surface area contributed by atoms with Crippen molar-refractivity contribution in [3.63, 3.8) is 0 Å². The van der Waals surface area contributed by atoms with Crippen LogP contribution in [-0.4, -0.2) is 34.5 Å². The zero-order valence-corrected chi connectivity index (χ0v) is 11.3. The highest BCUT2D eigenvalue weighted by Crippen LogP contribution is 2.26. The first-order chi connectivity index (χ1) is 9.06. The first kappa shape index (κ1) is 13.6. The summed E-state index contributed by atoms with van der Waals surface area (Å²) in [5, 5.41) is 9.12. The Morgan fingerprint density at radius 2 is 2.05 bits per heavy atom. The fourth-order valence-electron chi connectivity index (χ4n) is 2.75. The van der Waals surface area contributed by atoms with Crippen molar-refractivity contribution in [3.8, 4) is 0 Å². The summed E-state index contributed by atoms with van der Waals surface area (Å²) in [6, 6.07) is 7.30. The molecule has 4 heteroatoms. The number of likely N-dealkylation sites (tertiary alicyclic amines) is 1. The van der Waals surface area contributed by atoms with Crippen molar-refractivity contribution in [2.75, 3.05) is 6.54 Å². The minimum absolute atomic E-state index is 0.0475. The van der Waals surface area contributed by atoms with E-state index >= 15 is 0 Å². The second-order valence-corrected chi connectivity index (χ2v) is 4.98. The summed E-state index contributed by atoms with van der Waals surface area (Å²) in [5.74, 6) is -1.31. The van der Waals surface area contributed by atoms with Gasteiger partial charge >= 0.3 is 5.97 Å². The molecule has 1 aliphatic rings. The number of carbonyl (C=O) groups is 2. The van der Waals surface area contributed by atoms with Gasteiger partial charge in [-0.2, -0.15) is 0 Å². The smallest absolute Gasteiger partial charge is 0.308 e. The first-order valence-electron chi connectivity index (χ1n) is 6.68. The predicted octanol–water partition coefficient (Wildman–Crippen LogP) is 2.18.